The van der Waals surface area contributed by atoms with Crippen LogP contribution in [0.5, 0.6) is 0 Å². The average Bonchev–Trinajstić information content (AvgIpc) is 3.16. The summed E-state index contributed by atoms with van der Waals surface area (Å²) in [7, 11) is 0. The lowest BCUT2D eigenvalue weighted by atomic mass is 10.2. The number of tetrazole rings is 1. The monoisotopic (exact) mass is 317 g/mol. The van der Waals surface area contributed by atoms with E-state index in [9.17, 15) is 0 Å². The molecule has 0 radical (unpaired) electrons. The molecular formula is C14H15N5S2. The molecule has 2 heterocycles. The van der Waals surface area contributed by atoms with E-state index in [1.54, 1.807) is 16.1 Å². The third-order valence-corrected chi connectivity index (χ3v) is 4.66. The number of benzene rings is 1. The van der Waals surface area contributed by atoms with Crippen LogP contribution in [0.25, 0.3) is 11.3 Å². The summed E-state index contributed by atoms with van der Waals surface area (Å²) in [6, 6.07) is 10.2. The van der Waals surface area contributed by atoms with Gasteiger partial charge in [-0.1, -0.05) is 43.7 Å². The minimum Gasteiger partial charge on any atom is -0.229 e. The van der Waals surface area contributed by atoms with Crippen LogP contribution >= 0.6 is 23.1 Å². The van der Waals surface area contributed by atoms with Crippen molar-refractivity contribution in [2.75, 3.05) is 0 Å². The highest BCUT2D eigenvalue weighted by Crippen LogP contribution is 2.30. The number of nitrogens with zero attached hydrogens (tertiary/aromatic N) is 5. The van der Waals surface area contributed by atoms with Crippen molar-refractivity contribution >= 4 is 23.1 Å². The zero-order valence-electron chi connectivity index (χ0n) is 11.6. The molecule has 2 aromatic heterocycles. The van der Waals surface area contributed by atoms with Gasteiger partial charge in [-0.2, -0.15) is 4.80 Å². The molecule has 0 aliphatic rings. The first-order valence-corrected chi connectivity index (χ1v) is 8.51. The summed E-state index contributed by atoms with van der Waals surface area (Å²) >= 11 is 3.06. The third kappa shape index (κ3) is 3.68. The second kappa shape index (κ2) is 6.82. The molecule has 0 spiro atoms. The van der Waals surface area contributed by atoms with E-state index in [-0.39, 0.29) is 0 Å². The van der Waals surface area contributed by atoms with E-state index in [2.05, 4.69) is 44.8 Å². The van der Waals surface area contributed by atoms with E-state index in [0.29, 0.717) is 5.16 Å². The number of hydrogen-bond donors (Lipinski definition) is 0. The number of hydrogen-bond acceptors (Lipinski definition) is 6. The fourth-order valence-corrected chi connectivity index (χ4v) is 3.41. The van der Waals surface area contributed by atoms with Crippen molar-refractivity contribution in [2.24, 2.45) is 0 Å². The fraction of sp³-hybridized carbons (Fsp3) is 0.286. The first-order valence-electron chi connectivity index (χ1n) is 6.82. The molecule has 0 aliphatic carbocycles. The normalized spacial score (nSPS) is 10.9. The summed E-state index contributed by atoms with van der Waals surface area (Å²) in [6.45, 7) is 2.96. The van der Waals surface area contributed by atoms with Crippen molar-refractivity contribution in [2.45, 2.75) is 35.8 Å². The van der Waals surface area contributed by atoms with Crippen molar-refractivity contribution < 1.29 is 0 Å². The summed E-state index contributed by atoms with van der Waals surface area (Å²) in [5.74, 6) is 0. The van der Waals surface area contributed by atoms with Crippen LogP contribution in [0.2, 0.25) is 0 Å². The van der Waals surface area contributed by atoms with Crippen molar-refractivity contribution in [1.82, 2.24) is 25.2 Å². The zero-order chi connectivity index (χ0) is 14.5. The van der Waals surface area contributed by atoms with E-state index in [1.165, 1.54) is 11.8 Å². The molecule has 0 aliphatic heterocycles. The van der Waals surface area contributed by atoms with Gasteiger partial charge in [0.1, 0.15) is 0 Å². The van der Waals surface area contributed by atoms with Crippen molar-refractivity contribution in [3.05, 3.63) is 35.7 Å². The highest BCUT2D eigenvalue weighted by molar-refractivity contribution is 8.00. The molecule has 0 unspecified atom stereocenters. The van der Waals surface area contributed by atoms with Gasteiger partial charge in [0.05, 0.1) is 12.2 Å². The van der Waals surface area contributed by atoms with E-state index in [4.69, 9.17) is 0 Å². The van der Waals surface area contributed by atoms with Crippen LogP contribution in [0, 0.1) is 0 Å². The van der Waals surface area contributed by atoms with Gasteiger partial charge in [0.15, 0.2) is 4.34 Å². The van der Waals surface area contributed by atoms with Gasteiger partial charge in [-0.3, -0.25) is 0 Å². The minimum absolute atomic E-state index is 0.653. The molecule has 5 nitrogen and oxygen atoms in total. The summed E-state index contributed by atoms with van der Waals surface area (Å²) in [5.41, 5.74) is 2.11. The molecular weight excluding hydrogens is 302 g/mol. The van der Waals surface area contributed by atoms with Crippen LogP contribution < -0.4 is 0 Å². The SMILES string of the molecule is CCCCn1nnc(Sc2nc(-c3ccccc3)cs2)n1. The Labute approximate surface area is 131 Å². The van der Waals surface area contributed by atoms with Crippen LogP contribution in [0.4, 0.5) is 0 Å². The Balaban J connectivity index is 1.68. The Morgan fingerprint density at radius 1 is 1.24 bits per heavy atom. The molecule has 0 fully saturated rings. The molecule has 3 aromatic rings. The maximum atomic E-state index is 4.61. The van der Waals surface area contributed by atoms with Gasteiger partial charge in [-0.25, -0.2) is 4.98 Å². The molecule has 108 valence electrons. The minimum atomic E-state index is 0.653. The first kappa shape index (κ1) is 14.2. The zero-order valence-corrected chi connectivity index (χ0v) is 13.3. The second-order valence-electron chi connectivity index (χ2n) is 4.49. The highest BCUT2D eigenvalue weighted by Gasteiger charge is 2.09. The Morgan fingerprint density at radius 3 is 2.90 bits per heavy atom. The van der Waals surface area contributed by atoms with Crippen molar-refractivity contribution in [3.63, 3.8) is 0 Å². The molecule has 0 saturated heterocycles. The van der Waals surface area contributed by atoms with Crippen molar-refractivity contribution in [1.29, 1.82) is 0 Å². The number of aromatic nitrogens is 5. The maximum absolute atomic E-state index is 4.61. The number of thiazole rings is 1. The standard InChI is InChI=1S/C14H15N5S2/c1-2-3-9-19-17-13(16-18-19)21-14-15-12(10-20-14)11-7-5-4-6-8-11/h4-8,10H,2-3,9H2,1H3. The lowest BCUT2D eigenvalue weighted by Crippen LogP contribution is -2.01. The van der Waals surface area contributed by atoms with Gasteiger partial charge >= 0.3 is 0 Å². The maximum Gasteiger partial charge on any atom is 0.238 e. The lowest BCUT2D eigenvalue weighted by molar-refractivity contribution is 0.493. The number of aryl methyl sites for hydroxylation is 1. The van der Waals surface area contributed by atoms with E-state index in [1.807, 2.05) is 18.2 Å². The number of unbranched alkanes of at least 4 members (excludes halogenated alkanes) is 1. The Morgan fingerprint density at radius 2 is 2.10 bits per heavy atom. The van der Waals surface area contributed by atoms with Crippen LogP contribution in [0.15, 0.2) is 45.2 Å². The van der Waals surface area contributed by atoms with Gasteiger partial charge in [0.25, 0.3) is 0 Å². The predicted molar refractivity (Wildman–Crippen MR) is 84.4 cm³/mol. The third-order valence-electron chi connectivity index (χ3n) is 2.88. The molecule has 7 heteroatoms. The van der Waals surface area contributed by atoms with E-state index >= 15 is 0 Å². The fourth-order valence-electron chi connectivity index (χ4n) is 1.79. The van der Waals surface area contributed by atoms with Crippen LogP contribution in [-0.4, -0.2) is 25.2 Å². The molecule has 0 amide bonds. The first-order chi connectivity index (χ1) is 10.3. The Bertz CT molecular complexity index is 692. The van der Waals surface area contributed by atoms with Gasteiger partial charge in [0.2, 0.25) is 5.16 Å². The lowest BCUT2D eigenvalue weighted by Gasteiger charge is -1.94. The largest absolute Gasteiger partial charge is 0.238 e. The topological polar surface area (TPSA) is 56.5 Å². The molecule has 3 rings (SSSR count). The smallest absolute Gasteiger partial charge is 0.229 e. The molecule has 0 N–H and O–H groups in total. The van der Waals surface area contributed by atoms with Crippen LogP contribution in [-0.2, 0) is 6.54 Å². The van der Waals surface area contributed by atoms with Gasteiger partial charge in [0, 0.05) is 10.9 Å². The summed E-state index contributed by atoms with van der Waals surface area (Å²) < 4.78 is 0.934. The average molecular weight is 317 g/mol. The van der Waals surface area contributed by atoms with Crippen LogP contribution in [0.1, 0.15) is 19.8 Å². The van der Waals surface area contributed by atoms with Gasteiger partial charge in [-0.15, -0.1) is 21.5 Å². The second-order valence-corrected chi connectivity index (χ2v) is 6.56. The Hall–Kier alpha value is -1.73. The summed E-state index contributed by atoms with van der Waals surface area (Å²) in [5, 5.41) is 15.2. The highest BCUT2D eigenvalue weighted by atomic mass is 32.2. The summed E-state index contributed by atoms with van der Waals surface area (Å²) in [4.78, 5) is 6.26. The van der Waals surface area contributed by atoms with Crippen LogP contribution in [0.3, 0.4) is 0 Å². The summed E-state index contributed by atoms with van der Waals surface area (Å²) in [6.07, 6.45) is 2.19. The quantitative estimate of drug-likeness (QED) is 0.693. The molecule has 0 saturated carbocycles. The molecule has 0 atom stereocenters. The predicted octanol–water partition coefficient (Wildman–Crippen LogP) is 3.75. The van der Waals surface area contributed by atoms with E-state index in [0.717, 1.165) is 35.0 Å². The molecule has 1 aromatic carbocycles. The Kier molecular flexibility index (Phi) is 4.62. The van der Waals surface area contributed by atoms with Crippen molar-refractivity contribution in [3.8, 4) is 11.3 Å². The van der Waals surface area contributed by atoms with Gasteiger partial charge < -0.3 is 0 Å². The molecule has 21 heavy (non-hydrogen) atoms. The number of rotatable bonds is 6. The van der Waals surface area contributed by atoms with Gasteiger partial charge in [-0.05, 0) is 23.4 Å². The molecule has 0 bridgehead atoms. The van der Waals surface area contributed by atoms with E-state index < -0.39 is 0 Å².